The molecular formula is C13H20N2O5. The van der Waals surface area contributed by atoms with E-state index in [0.717, 1.165) is 5.06 Å². The molecule has 1 fully saturated rings. The van der Waals surface area contributed by atoms with Crippen molar-refractivity contribution in [3.8, 4) is 0 Å². The fourth-order valence-corrected chi connectivity index (χ4v) is 1.37. The van der Waals surface area contributed by atoms with Crippen molar-refractivity contribution in [1.29, 1.82) is 0 Å². The Hall–Kier alpha value is -1.89. The van der Waals surface area contributed by atoms with Gasteiger partial charge in [-0.25, -0.2) is 10.3 Å². The minimum atomic E-state index is -0.660. The Labute approximate surface area is 117 Å². The van der Waals surface area contributed by atoms with Gasteiger partial charge >= 0.3 is 5.97 Å². The number of hydrogen-bond acceptors (Lipinski definition) is 5. The Morgan fingerprint density at radius 3 is 2.45 bits per heavy atom. The van der Waals surface area contributed by atoms with Gasteiger partial charge in [-0.05, 0) is 27.2 Å². The lowest BCUT2D eigenvalue weighted by Gasteiger charge is -2.19. The van der Waals surface area contributed by atoms with Crippen molar-refractivity contribution in [2.75, 3.05) is 0 Å². The van der Waals surface area contributed by atoms with Crippen molar-refractivity contribution in [3.05, 3.63) is 12.3 Å². The van der Waals surface area contributed by atoms with E-state index in [-0.39, 0.29) is 25.2 Å². The highest BCUT2D eigenvalue weighted by Gasteiger charge is 2.28. The van der Waals surface area contributed by atoms with Crippen molar-refractivity contribution in [2.45, 2.75) is 52.1 Å². The van der Waals surface area contributed by atoms with E-state index >= 15 is 0 Å². The zero-order valence-corrected chi connectivity index (χ0v) is 12.0. The first-order valence-corrected chi connectivity index (χ1v) is 6.37. The van der Waals surface area contributed by atoms with Crippen LogP contribution in [0.15, 0.2) is 12.3 Å². The number of hydrogen-bond donors (Lipinski definition) is 1. The van der Waals surface area contributed by atoms with Crippen molar-refractivity contribution in [1.82, 2.24) is 10.5 Å². The number of hydroxylamine groups is 3. The quantitative estimate of drug-likeness (QED) is 0.767. The number of carbonyl (C=O) groups is 3. The largest absolute Gasteiger partial charge is 0.334 e. The molecule has 0 aromatic carbocycles. The highest BCUT2D eigenvalue weighted by Crippen LogP contribution is 2.21. The predicted molar refractivity (Wildman–Crippen MR) is 69.5 cm³/mol. The smallest absolute Gasteiger partial charge is 0.333 e. The second-order valence-corrected chi connectivity index (χ2v) is 5.46. The maximum absolute atomic E-state index is 11.5. The summed E-state index contributed by atoms with van der Waals surface area (Å²) in [4.78, 5) is 44.2. The average Bonchev–Trinajstić information content (AvgIpc) is 2.65. The molecule has 1 saturated heterocycles. The van der Waals surface area contributed by atoms with E-state index in [1.54, 1.807) is 20.8 Å². The molecule has 0 saturated carbocycles. The van der Waals surface area contributed by atoms with E-state index in [0.29, 0.717) is 12.1 Å². The lowest BCUT2D eigenvalue weighted by atomic mass is 10.2. The lowest BCUT2D eigenvalue weighted by Crippen LogP contribution is -2.34. The van der Waals surface area contributed by atoms with Gasteiger partial charge in [-0.3, -0.25) is 14.4 Å². The first-order valence-electron chi connectivity index (χ1n) is 6.37. The molecule has 0 aromatic heterocycles. The summed E-state index contributed by atoms with van der Waals surface area (Å²) in [6.45, 7) is 8.97. The average molecular weight is 284 g/mol. The molecule has 7 heteroatoms. The van der Waals surface area contributed by atoms with E-state index in [1.165, 1.54) is 0 Å². The van der Waals surface area contributed by atoms with Crippen LogP contribution in [-0.2, 0) is 24.1 Å². The van der Waals surface area contributed by atoms with E-state index in [9.17, 15) is 14.4 Å². The molecule has 1 N–H and O–H groups in total. The molecule has 0 atom stereocenters. The number of allylic oxidation sites excluding steroid dienone is 1. The van der Waals surface area contributed by atoms with Crippen molar-refractivity contribution < 1.29 is 24.1 Å². The molecule has 20 heavy (non-hydrogen) atoms. The molecule has 0 aliphatic carbocycles. The highest BCUT2D eigenvalue weighted by molar-refractivity contribution is 5.84. The Morgan fingerprint density at radius 2 is 1.95 bits per heavy atom. The summed E-state index contributed by atoms with van der Waals surface area (Å²) >= 11 is 0. The van der Waals surface area contributed by atoms with Gasteiger partial charge in [0.2, 0.25) is 5.91 Å². The molecule has 1 aliphatic heterocycles. The van der Waals surface area contributed by atoms with E-state index in [2.05, 4.69) is 12.1 Å². The van der Waals surface area contributed by atoms with Crippen LogP contribution in [0.25, 0.3) is 0 Å². The zero-order chi connectivity index (χ0) is 15.3. The monoisotopic (exact) mass is 284 g/mol. The van der Waals surface area contributed by atoms with Crippen LogP contribution in [0.1, 0.15) is 46.5 Å². The zero-order valence-electron chi connectivity index (χ0n) is 12.0. The van der Waals surface area contributed by atoms with Gasteiger partial charge in [-0.15, -0.1) is 5.06 Å². The van der Waals surface area contributed by atoms with Crippen LogP contribution in [-0.4, -0.2) is 28.4 Å². The maximum Gasteiger partial charge on any atom is 0.333 e. The number of nitrogens with one attached hydrogen (secondary N) is 1. The van der Waals surface area contributed by atoms with E-state index in [1.807, 2.05) is 0 Å². The highest BCUT2D eigenvalue weighted by atomic mass is 16.7. The second-order valence-electron chi connectivity index (χ2n) is 5.46. The topological polar surface area (TPSA) is 84.9 Å². The molecule has 0 aromatic rings. The summed E-state index contributed by atoms with van der Waals surface area (Å²) in [6, 6.07) is 0. The molecule has 2 amide bonds. The van der Waals surface area contributed by atoms with E-state index < -0.39 is 17.5 Å². The first-order chi connectivity index (χ1) is 9.19. The molecular weight excluding hydrogens is 264 g/mol. The molecule has 1 aliphatic rings. The summed E-state index contributed by atoms with van der Waals surface area (Å²) < 4.78 is 0. The molecule has 0 radical (unpaired) electrons. The summed E-state index contributed by atoms with van der Waals surface area (Å²) in [5, 5.41) is 0.895. The van der Waals surface area contributed by atoms with Crippen LogP contribution in [0.4, 0.5) is 0 Å². The number of nitrogens with zero attached hydrogens (tertiary/aromatic N) is 1. The molecule has 1 heterocycles. The van der Waals surface area contributed by atoms with Crippen LogP contribution in [0.2, 0.25) is 0 Å². The Balaban J connectivity index is 2.28. The Bertz CT molecular complexity index is 409. The summed E-state index contributed by atoms with van der Waals surface area (Å²) in [6.07, 6.45) is 0.540. The van der Waals surface area contributed by atoms with Crippen molar-refractivity contribution in [2.24, 2.45) is 0 Å². The normalized spacial score (nSPS) is 15.4. The van der Waals surface area contributed by atoms with Gasteiger partial charge in [0, 0.05) is 12.8 Å². The third kappa shape index (κ3) is 5.40. The third-order valence-corrected chi connectivity index (χ3v) is 2.36. The fourth-order valence-electron chi connectivity index (χ4n) is 1.37. The maximum atomic E-state index is 11.5. The minimum absolute atomic E-state index is 0.0799. The molecule has 0 bridgehead atoms. The molecule has 7 nitrogen and oxygen atoms in total. The molecule has 0 spiro atoms. The van der Waals surface area contributed by atoms with Gasteiger partial charge < -0.3 is 4.84 Å². The number of carbonyl (C=O) groups excluding carboxylic acids is 3. The van der Waals surface area contributed by atoms with Crippen LogP contribution in [0.5, 0.6) is 0 Å². The standard InChI is InChI=1S/C13H20N2O5/c1-9-5-7-11(17)15(9)19-12(18)8-6-10(16)14-20-13(2,3)4/h1,5-8H2,2-4H3,(H,14,16). The first kappa shape index (κ1) is 16.2. The van der Waals surface area contributed by atoms with Crippen molar-refractivity contribution in [3.63, 3.8) is 0 Å². The van der Waals surface area contributed by atoms with Crippen LogP contribution in [0.3, 0.4) is 0 Å². The molecule has 112 valence electrons. The van der Waals surface area contributed by atoms with Gasteiger partial charge in [0.15, 0.2) is 0 Å². The summed E-state index contributed by atoms with van der Waals surface area (Å²) in [7, 11) is 0. The van der Waals surface area contributed by atoms with Crippen LogP contribution < -0.4 is 5.48 Å². The van der Waals surface area contributed by atoms with Gasteiger partial charge in [0.1, 0.15) is 0 Å². The summed E-state index contributed by atoms with van der Waals surface area (Å²) in [5.74, 6) is -1.39. The Kier molecular flexibility index (Phi) is 5.26. The van der Waals surface area contributed by atoms with Gasteiger partial charge in [-0.1, -0.05) is 6.58 Å². The van der Waals surface area contributed by atoms with Gasteiger partial charge in [0.05, 0.1) is 17.7 Å². The minimum Gasteiger partial charge on any atom is -0.334 e. The molecule has 0 unspecified atom stereocenters. The van der Waals surface area contributed by atoms with Crippen molar-refractivity contribution >= 4 is 17.8 Å². The molecule has 1 rings (SSSR count). The fraction of sp³-hybridized carbons (Fsp3) is 0.615. The number of rotatable bonds is 5. The third-order valence-electron chi connectivity index (χ3n) is 2.36. The summed E-state index contributed by atoms with van der Waals surface area (Å²) in [5.41, 5.74) is 2.19. The van der Waals surface area contributed by atoms with Crippen LogP contribution >= 0.6 is 0 Å². The SMILES string of the molecule is C=C1CCC(=O)N1OC(=O)CCC(=O)NOC(C)(C)C. The van der Waals surface area contributed by atoms with E-state index in [4.69, 9.17) is 9.68 Å². The predicted octanol–water partition coefficient (Wildman–Crippen LogP) is 1.21. The Morgan fingerprint density at radius 1 is 1.30 bits per heavy atom. The van der Waals surface area contributed by atoms with Crippen LogP contribution in [0, 0.1) is 0 Å². The lowest BCUT2D eigenvalue weighted by molar-refractivity contribution is -0.187. The van der Waals surface area contributed by atoms with Gasteiger partial charge in [0.25, 0.3) is 5.91 Å². The second kappa shape index (κ2) is 6.51. The number of amides is 2. The van der Waals surface area contributed by atoms with Gasteiger partial charge in [-0.2, -0.15) is 0 Å².